The average Bonchev–Trinajstić information content (AvgIpc) is 1.55. The SMILES string of the molecule is c1ccc(-c2nc(-c3ccccc3)nc(-c3cccc(-n4c5ccccc5c5c6cc(-c7ccc8ccc9ccccc9c8c7)ccc6ccc54)c3)n2)cc1.c1ccc(-c2nc(-c3ccccc3)nc(-c3cccc(-n4c5ccccc5c5c6ccc(-c7cc8ccccc8c8ccccc78)cc6ccc54)c3)n2)cc1. The summed E-state index contributed by atoms with van der Waals surface area (Å²) in [5.74, 6) is 3.86. The van der Waals surface area contributed by atoms with E-state index in [2.05, 4.69) is 276 Å². The molecule has 0 aliphatic heterocycles. The zero-order chi connectivity index (χ0) is 72.6. The maximum Gasteiger partial charge on any atom is 0.164 e. The molecular weight excluding hydrogens is 1340 g/mol. The van der Waals surface area contributed by atoms with Crippen LogP contribution in [-0.4, -0.2) is 39.0 Å². The van der Waals surface area contributed by atoms with Gasteiger partial charge in [-0.25, -0.2) is 29.9 Å². The third-order valence-electron chi connectivity index (χ3n) is 21.6. The Labute approximate surface area is 633 Å². The molecule has 0 aliphatic carbocycles. The lowest BCUT2D eigenvalue weighted by molar-refractivity contribution is 1.07. The minimum Gasteiger partial charge on any atom is -0.309 e. The van der Waals surface area contributed by atoms with Crippen LogP contribution in [0.5, 0.6) is 0 Å². The molecule has 0 aliphatic rings. The summed E-state index contributed by atoms with van der Waals surface area (Å²) in [6.45, 7) is 0. The van der Waals surface area contributed by atoms with E-state index in [4.69, 9.17) is 29.9 Å². The van der Waals surface area contributed by atoms with Crippen LogP contribution in [0, 0.1) is 0 Å². The van der Waals surface area contributed by atoms with Gasteiger partial charge in [-0.15, -0.1) is 0 Å². The summed E-state index contributed by atoms with van der Waals surface area (Å²) < 4.78 is 4.75. The van der Waals surface area contributed by atoms with Crippen LogP contribution in [0.2, 0.25) is 0 Å². The number of hydrogen-bond acceptors (Lipinski definition) is 6. The van der Waals surface area contributed by atoms with E-state index in [1.165, 1.54) is 108 Å². The van der Waals surface area contributed by atoms with Crippen molar-refractivity contribution in [3.63, 3.8) is 0 Å². The van der Waals surface area contributed by atoms with Crippen LogP contribution in [0.1, 0.15) is 0 Å². The summed E-state index contributed by atoms with van der Waals surface area (Å²) in [7, 11) is 0. The van der Waals surface area contributed by atoms with E-state index in [1.54, 1.807) is 0 Å². The van der Waals surface area contributed by atoms with Gasteiger partial charge in [0.1, 0.15) is 0 Å². The van der Waals surface area contributed by atoms with Gasteiger partial charge in [-0.05, 0) is 160 Å². The Morgan fingerprint density at radius 1 is 0.155 bits per heavy atom. The second-order valence-electron chi connectivity index (χ2n) is 28.1. The minimum absolute atomic E-state index is 0.633. The largest absolute Gasteiger partial charge is 0.309 e. The van der Waals surface area contributed by atoms with Gasteiger partial charge in [-0.2, -0.15) is 0 Å². The number of hydrogen-bond donors (Lipinski definition) is 0. The molecule has 512 valence electrons. The summed E-state index contributed by atoms with van der Waals surface area (Å²) in [6, 6.07) is 138. The van der Waals surface area contributed by atoms with Crippen molar-refractivity contribution in [2.24, 2.45) is 0 Å². The second-order valence-corrected chi connectivity index (χ2v) is 28.1. The fourth-order valence-corrected chi connectivity index (χ4v) is 16.4. The molecule has 22 aromatic rings. The average molecular weight is 1400 g/mol. The molecule has 8 heteroatoms. The van der Waals surface area contributed by atoms with Crippen LogP contribution < -0.4 is 0 Å². The number of nitrogens with zero attached hydrogens (tertiary/aromatic N) is 8. The van der Waals surface area contributed by atoms with Gasteiger partial charge in [0.25, 0.3) is 0 Å². The monoisotopic (exact) mass is 1400 g/mol. The van der Waals surface area contributed by atoms with Crippen LogP contribution in [0.25, 0.3) is 210 Å². The Balaban J connectivity index is 0.000000140. The molecule has 0 radical (unpaired) electrons. The molecule has 4 heterocycles. The van der Waals surface area contributed by atoms with Crippen molar-refractivity contribution in [1.82, 2.24) is 39.0 Å². The van der Waals surface area contributed by atoms with Crippen molar-refractivity contribution in [2.45, 2.75) is 0 Å². The van der Waals surface area contributed by atoms with Gasteiger partial charge in [0.2, 0.25) is 0 Å². The number of fused-ring (bicyclic) bond motifs is 16. The summed E-state index contributed by atoms with van der Waals surface area (Å²) in [6.07, 6.45) is 0. The molecule has 0 bridgehead atoms. The van der Waals surface area contributed by atoms with Crippen LogP contribution in [0.4, 0.5) is 0 Å². The standard InChI is InChI=1S/2C51H32N4/c1-3-14-33(15-4-1)49-52-50(34-16-5-2-6-17-34)54-51(53-49)38-19-13-20-39(31-38)55-46-25-12-11-24-44(46)48-41-28-26-37(30-36(41)27-29-47(48)55)45-32-35-18-7-8-21-40(35)42-22-9-10-23-43(42)45;1-3-13-36(14-4-1)49-52-50(37-15-5-2-6-16-37)54-51(53-49)40-17-11-18-41(30-40)55-46-21-10-9-20-43(46)48-45-32-39(27-25-35(45)28-29-47(48)55)38-26-24-34-23-22-33-12-7-8-19-42(33)44(34)31-38/h2*1-32H. The summed E-state index contributed by atoms with van der Waals surface area (Å²) >= 11 is 0. The van der Waals surface area contributed by atoms with Crippen molar-refractivity contribution in [2.75, 3.05) is 0 Å². The molecule has 0 N–H and O–H groups in total. The maximum absolute atomic E-state index is 5.03. The molecule has 0 atom stereocenters. The smallest absolute Gasteiger partial charge is 0.164 e. The zero-order valence-electron chi connectivity index (χ0n) is 59.5. The molecule has 4 aromatic heterocycles. The molecule has 0 spiro atoms. The third-order valence-corrected chi connectivity index (χ3v) is 21.6. The van der Waals surface area contributed by atoms with Gasteiger partial charge in [-0.3, -0.25) is 0 Å². The predicted molar refractivity (Wildman–Crippen MR) is 457 cm³/mol. The quantitative estimate of drug-likeness (QED) is 0.127. The Hall–Kier alpha value is -14.9. The first-order valence-corrected chi connectivity index (χ1v) is 37.2. The van der Waals surface area contributed by atoms with Gasteiger partial charge in [0.05, 0.1) is 22.1 Å². The van der Waals surface area contributed by atoms with E-state index in [9.17, 15) is 0 Å². The number of para-hydroxylation sites is 2. The molecule has 18 aromatic carbocycles. The van der Waals surface area contributed by atoms with Crippen molar-refractivity contribution in [1.29, 1.82) is 0 Å². The van der Waals surface area contributed by atoms with Gasteiger partial charge in [0.15, 0.2) is 34.9 Å². The van der Waals surface area contributed by atoms with Gasteiger partial charge >= 0.3 is 0 Å². The molecule has 0 saturated carbocycles. The highest BCUT2D eigenvalue weighted by Crippen LogP contribution is 2.44. The Bertz CT molecular complexity index is 7280. The number of rotatable bonds is 10. The van der Waals surface area contributed by atoms with E-state index in [1.807, 2.05) is 121 Å². The van der Waals surface area contributed by atoms with Crippen molar-refractivity contribution in [3.8, 4) is 102 Å². The number of benzene rings is 18. The Morgan fingerprint density at radius 2 is 0.491 bits per heavy atom. The zero-order valence-corrected chi connectivity index (χ0v) is 59.5. The lowest BCUT2D eigenvalue weighted by Gasteiger charge is -2.13. The third kappa shape index (κ3) is 11.2. The van der Waals surface area contributed by atoms with Crippen molar-refractivity contribution in [3.05, 3.63) is 388 Å². The highest BCUT2D eigenvalue weighted by molar-refractivity contribution is 6.24. The highest BCUT2D eigenvalue weighted by atomic mass is 15.1. The molecule has 0 fully saturated rings. The van der Waals surface area contributed by atoms with E-state index >= 15 is 0 Å². The molecule has 0 amide bonds. The normalized spacial score (nSPS) is 11.6. The van der Waals surface area contributed by atoms with E-state index in [-0.39, 0.29) is 0 Å². The minimum atomic E-state index is 0.633. The molecule has 0 unspecified atom stereocenters. The highest BCUT2D eigenvalue weighted by Gasteiger charge is 2.22. The molecule has 110 heavy (non-hydrogen) atoms. The molecule has 0 saturated heterocycles. The summed E-state index contributed by atoms with van der Waals surface area (Å²) in [5, 5.41) is 19.9. The topological polar surface area (TPSA) is 87.2 Å². The Morgan fingerprint density at radius 3 is 1.00 bits per heavy atom. The maximum atomic E-state index is 5.03. The van der Waals surface area contributed by atoms with Crippen LogP contribution in [0.3, 0.4) is 0 Å². The van der Waals surface area contributed by atoms with E-state index in [0.29, 0.717) is 34.9 Å². The van der Waals surface area contributed by atoms with Gasteiger partial charge in [0, 0.05) is 66.3 Å². The second kappa shape index (κ2) is 26.6. The van der Waals surface area contributed by atoms with E-state index in [0.717, 1.165) is 66.8 Å². The Kier molecular flexibility index (Phi) is 15.4. The lowest BCUT2D eigenvalue weighted by Crippen LogP contribution is -2.01. The van der Waals surface area contributed by atoms with Gasteiger partial charge in [-0.1, -0.05) is 315 Å². The first kappa shape index (κ1) is 63.6. The molecule has 8 nitrogen and oxygen atoms in total. The van der Waals surface area contributed by atoms with Crippen molar-refractivity contribution >= 4 is 108 Å². The summed E-state index contributed by atoms with van der Waals surface area (Å²) in [5.41, 5.74) is 17.2. The van der Waals surface area contributed by atoms with Crippen LogP contribution in [-0.2, 0) is 0 Å². The number of aromatic nitrogens is 8. The molecule has 22 rings (SSSR count). The van der Waals surface area contributed by atoms with Crippen LogP contribution >= 0.6 is 0 Å². The summed E-state index contributed by atoms with van der Waals surface area (Å²) in [4.78, 5) is 29.9. The van der Waals surface area contributed by atoms with Gasteiger partial charge < -0.3 is 9.13 Å². The van der Waals surface area contributed by atoms with Crippen LogP contribution in [0.15, 0.2) is 388 Å². The van der Waals surface area contributed by atoms with E-state index < -0.39 is 0 Å². The lowest BCUT2D eigenvalue weighted by atomic mass is 9.92. The first-order valence-electron chi connectivity index (χ1n) is 37.2. The molecular formula is C102H64N8. The fraction of sp³-hybridized carbons (Fsp3) is 0. The van der Waals surface area contributed by atoms with Crippen molar-refractivity contribution < 1.29 is 0 Å². The first-order chi connectivity index (χ1) is 54.5. The fourth-order valence-electron chi connectivity index (χ4n) is 16.4. The predicted octanol–water partition coefficient (Wildman–Crippen LogP) is 26.2.